The van der Waals surface area contributed by atoms with E-state index in [2.05, 4.69) is 20.9 Å². The predicted octanol–water partition coefficient (Wildman–Crippen LogP) is 1.96. The molecule has 0 atom stereocenters. The Bertz CT molecular complexity index is 536. The number of piperidine rings is 1. The second kappa shape index (κ2) is 5.69. The van der Waals surface area contributed by atoms with Gasteiger partial charge in [0, 0.05) is 50.0 Å². The number of pyridine rings is 2. The predicted molar refractivity (Wildman–Crippen MR) is 76.9 cm³/mol. The molecule has 2 aromatic heterocycles. The third-order valence-corrected chi connectivity index (χ3v) is 4.01. The summed E-state index contributed by atoms with van der Waals surface area (Å²) in [6, 6.07) is 7.90. The molecule has 0 saturated carbocycles. The summed E-state index contributed by atoms with van der Waals surface area (Å²) in [5.74, 6) is 0. The highest BCUT2D eigenvalue weighted by Gasteiger charge is 2.33. The van der Waals surface area contributed by atoms with E-state index < -0.39 is 5.60 Å². The Morgan fingerprint density at radius 1 is 1.05 bits per heavy atom. The second-order valence-electron chi connectivity index (χ2n) is 5.41. The molecule has 3 heterocycles. The molecule has 1 aliphatic rings. The monoisotopic (exact) mass is 269 g/mol. The molecule has 0 spiro atoms. The van der Waals surface area contributed by atoms with Crippen LogP contribution in [0.3, 0.4) is 0 Å². The molecule has 2 aromatic rings. The first-order chi connectivity index (χ1) is 9.76. The van der Waals surface area contributed by atoms with Crippen molar-refractivity contribution in [2.75, 3.05) is 13.1 Å². The third-order valence-electron chi connectivity index (χ3n) is 4.01. The fourth-order valence-corrected chi connectivity index (χ4v) is 2.76. The van der Waals surface area contributed by atoms with Crippen LogP contribution < -0.4 is 0 Å². The van der Waals surface area contributed by atoms with Crippen LogP contribution >= 0.6 is 0 Å². The molecule has 104 valence electrons. The smallest absolute Gasteiger partial charge is 0.0935 e. The van der Waals surface area contributed by atoms with Gasteiger partial charge >= 0.3 is 0 Å². The molecule has 0 unspecified atom stereocenters. The quantitative estimate of drug-likeness (QED) is 0.925. The van der Waals surface area contributed by atoms with Crippen molar-refractivity contribution in [3.05, 3.63) is 60.2 Å². The maximum Gasteiger partial charge on any atom is 0.0935 e. The van der Waals surface area contributed by atoms with E-state index in [1.165, 1.54) is 5.56 Å². The summed E-state index contributed by atoms with van der Waals surface area (Å²) in [6.45, 7) is 2.68. The zero-order chi connectivity index (χ0) is 13.8. The van der Waals surface area contributed by atoms with E-state index in [4.69, 9.17) is 0 Å². The number of aromatic nitrogens is 2. The molecule has 1 fully saturated rings. The van der Waals surface area contributed by atoms with E-state index in [1.54, 1.807) is 18.6 Å². The summed E-state index contributed by atoms with van der Waals surface area (Å²) >= 11 is 0. The van der Waals surface area contributed by atoms with Gasteiger partial charge in [-0.05, 0) is 30.5 Å². The maximum absolute atomic E-state index is 10.7. The Labute approximate surface area is 119 Å². The Hall–Kier alpha value is -1.78. The molecule has 0 radical (unpaired) electrons. The van der Waals surface area contributed by atoms with Crippen LogP contribution in [0.15, 0.2) is 49.1 Å². The van der Waals surface area contributed by atoms with Gasteiger partial charge in [0.05, 0.1) is 5.60 Å². The average Bonchev–Trinajstić information content (AvgIpc) is 2.52. The Morgan fingerprint density at radius 2 is 1.75 bits per heavy atom. The van der Waals surface area contributed by atoms with Gasteiger partial charge in [0.15, 0.2) is 0 Å². The SMILES string of the molecule is OC1(c2cccnc2)CCN(Cc2cccnc2)CC1. The van der Waals surface area contributed by atoms with Gasteiger partial charge in [-0.1, -0.05) is 12.1 Å². The second-order valence-corrected chi connectivity index (χ2v) is 5.41. The molecule has 4 heteroatoms. The summed E-state index contributed by atoms with van der Waals surface area (Å²) in [5, 5.41) is 10.7. The van der Waals surface area contributed by atoms with E-state index in [0.717, 1.165) is 38.0 Å². The molecule has 20 heavy (non-hydrogen) atoms. The number of nitrogens with zero attached hydrogens (tertiary/aromatic N) is 3. The molecule has 0 aliphatic carbocycles. The Morgan fingerprint density at radius 3 is 2.35 bits per heavy atom. The van der Waals surface area contributed by atoms with Crippen LogP contribution in [-0.4, -0.2) is 33.1 Å². The van der Waals surface area contributed by atoms with Gasteiger partial charge < -0.3 is 5.11 Å². The van der Waals surface area contributed by atoms with Crippen molar-refractivity contribution in [3.63, 3.8) is 0 Å². The summed E-state index contributed by atoms with van der Waals surface area (Å²) in [7, 11) is 0. The van der Waals surface area contributed by atoms with Crippen molar-refractivity contribution < 1.29 is 5.11 Å². The zero-order valence-corrected chi connectivity index (χ0v) is 11.4. The molecule has 0 amide bonds. The molecule has 0 bridgehead atoms. The van der Waals surface area contributed by atoms with Crippen molar-refractivity contribution in [2.45, 2.75) is 25.0 Å². The normalized spacial score (nSPS) is 18.9. The molecule has 1 aliphatic heterocycles. The first-order valence-corrected chi connectivity index (χ1v) is 7.00. The highest BCUT2D eigenvalue weighted by molar-refractivity contribution is 5.19. The molecule has 1 saturated heterocycles. The van der Waals surface area contributed by atoms with E-state index in [0.29, 0.717) is 0 Å². The summed E-state index contributed by atoms with van der Waals surface area (Å²) in [6.07, 6.45) is 8.71. The van der Waals surface area contributed by atoms with Crippen molar-refractivity contribution in [1.29, 1.82) is 0 Å². The average molecular weight is 269 g/mol. The lowest BCUT2D eigenvalue weighted by Gasteiger charge is -2.38. The van der Waals surface area contributed by atoms with Crippen LogP contribution in [0.5, 0.6) is 0 Å². The molecular formula is C16H19N3O. The lowest BCUT2D eigenvalue weighted by Crippen LogP contribution is -2.42. The molecule has 1 N–H and O–H groups in total. The number of aliphatic hydroxyl groups is 1. The highest BCUT2D eigenvalue weighted by atomic mass is 16.3. The van der Waals surface area contributed by atoms with E-state index in [-0.39, 0.29) is 0 Å². The van der Waals surface area contributed by atoms with Crippen LogP contribution in [0.1, 0.15) is 24.0 Å². The van der Waals surface area contributed by atoms with Gasteiger partial charge in [0.25, 0.3) is 0 Å². The van der Waals surface area contributed by atoms with Crippen LogP contribution in [0.25, 0.3) is 0 Å². The number of likely N-dealkylation sites (tertiary alicyclic amines) is 1. The van der Waals surface area contributed by atoms with Crippen molar-refractivity contribution in [3.8, 4) is 0 Å². The van der Waals surface area contributed by atoms with E-state index in [1.807, 2.05) is 24.4 Å². The number of hydrogen-bond acceptors (Lipinski definition) is 4. The lowest BCUT2D eigenvalue weighted by molar-refractivity contribution is -0.0280. The van der Waals surface area contributed by atoms with Crippen molar-refractivity contribution >= 4 is 0 Å². The molecule has 4 nitrogen and oxygen atoms in total. The topological polar surface area (TPSA) is 49.3 Å². The minimum Gasteiger partial charge on any atom is -0.385 e. The molecule has 3 rings (SSSR count). The van der Waals surface area contributed by atoms with Crippen molar-refractivity contribution in [2.24, 2.45) is 0 Å². The first-order valence-electron chi connectivity index (χ1n) is 7.00. The number of hydrogen-bond donors (Lipinski definition) is 1. The van der Waals surface area contributed by atoms with Crippen LogP contribution in [0.4, 0.5) is 0 Å². The van der Waals surface area contributed by atoms with Gasteiger partial charge in [-0.2, -0.15) is 0 Å². The first kappa shape index (κ1) is 13.2. The van der Waals surface area contributed by atoms with Gasteiger partial charge in [-0.3, -0.25) is 14.9 Å². The third kappa shape index (κ3) is 2.86. The Balaban J connectivity index is 1.62. The van der Waals surface area contributed by atoms with Gasteiger partial charge in [0.1, 0.15) is 0 Å². The zero-order valence-electron chi connectivity index (χ0n) is 11.4. The molecule has 0 aromatic carbocycles. The van der Waals surface area contributed by atoms with Crippen molar-refractivity contribution in [1.82, 2.24) is 14.9 Å². The lowest BCUT2D eigenvalue weighted by atomic mass is 9.85. The summed E-state index contributed by atoms with van der Waals surface area (Å²) in [4.78, 5) is 10.6. The maximum atomic E-state index is 10.7. The van der Waals surface area contributed by atoms with Gasteiger partial charge in [-0.15, -0.1) is 0 Å². The van der Waals surface area contributed by atoms with E-state index in [9.17, 15) is 5.11 Å². The van der Waals surface area contributed by atoms with Gasteiger partial charge in [0.2, 0.25) is 0 Å². The standard InChI is InChI=1S/C16H19N3O/c20-16(15-4-2-8-18-12-15)5-9-19(10-6-16)13-14-3-1-7-17-11-14/h1-4,7-8,11-12,20H,5-6,9-10,13H2. The Kier molecular flexibility index (Phi) is 3.76. The molecular weight excluding hydrogens is 250 g/mol. The summed E-state index contributed by atoms with van der Waals surface area (Å²) < 4.78 is 0. The van der Waals surface area contributed by atoms with Gasteiger partial charge in [-0.25, -0.2) is 0 Å². The van der Waals surface area contributed by atoms with E-state index >= 15 is 0 Å². The fraction of sp³-hybridized carbons (Fsp3) is 0.375. The highest BCUT2D eigenvalue weighted by Crippen LogP contribution is 2.32. The minimum atomic E-state index is -0.723. The summed E-state index contributed by atoms with van der Waals surface area (Å²) in [5.41, 5.74) is 1.43. The fourth-order valence-electron chi connectivity index (χ4n) is 2.76. The largest absolute Gasteiger partial charge is 0.385 e. The van der Waals surface area contributed by atoms with Crippen LogP contribution in [0.2, 0.25) is 0 Å². The minimum absolute atomic E-state index is 0.723. The van der Waals surface area contributed by atoms with Crippen LogP contribution in [-0.2, 0) is 12.1 Å². The van der Waals surface area contributed by atoms with Crippen LogP contribution in [0, 0.1) is 0 Å². The number of rotatable bonds is 3.